The number of nitrogens with zero attached hydrogens (tertiary/aromatic N) is 1. The first-order chi connectivity index (χ1) is 10.1. The van der Waals surface area contributed by atoms with E-state index in [-0.39, 0.29) is 22.9 Å². The first-order valence-corrected chi connectivity index (χ1v) is 8.19. The number of amides is 2. The molecule has 2 amide bonds. The predicted molar refractivity (Wildman–Crippen MR) is 82.2 cm³/mol. The molecule has 0 unspecified atom stereocenters. The smallest absolute Gasteiger partial charge is 0.407 e. The monoisotopic (exact) mass is 309 g/mol. The van der Waals surface area contributed by atoms with Crippen molar-refractivity contribution in [3.05, 3.63) is 0 Å². The van der Waals surface area contributed by atoms with Crippen LogP contribution >= 0.6 is 0 Å². The van der Waals surface area contributed by atoms with E-state index in [1.165, 1.54) is 0 Å². The number of carbonyl (C=O) groups excluding carboxylic acids is 2. The van der Waals surface area contributed by atoms with Crippen LogP contribution in [0.4, 0.5) is 4.79 Å². The van der Waals surface area contributed by atoms with Crippen LogP contribution in [0.2, 0.25) is 0 Å². The number of nitrogens with one attached hydrogen (secondary N) is 1. The van der Waals surface area contributed by atoms with E-state index in [0.717, 1.165) is 32.1 Å². The topological polar surface area (TPSA) is 84.7 Å². The van der Waals surface area contributed by atoms with Crippen LogP contribution in [0.15, 0.2) is 0 Å². The summed E-state index contributed by atoms with van der Waals surface area (Å²) in [7, 11) is 0. The van der Waals surface area contributed by atoms with Gasteiger partial charge in [0, 0.05) is 18.6 Å². The van der Waals surface area contributed by atoms with Crippen LogP contribution < -0.4 is 11.1 Å². The molecule has 124 valence electrons. The third-order valence-electron chi connectivity index (χ3n) is 5.24. The molecule has 0 radical (unpaired) electrons. The molecule has 1 heterocycles. The van der Waals surface area contributed by atoms with Crippen molar-refractivity contribution in [1.82, 2.24) is 10.2 Å². The molecule has 0 aromatic rings. The maximum absolute atomic E-state index is 12.7. The number of fused-ring (bicyclic) bond motifs is 2. The fourth-order valence-electron chi connectivity index (χ4n) is 4.09. The standard InChI is InChI=1S/C16H27N3O3/c1-14(2,3)22-13(21)18-11-8-19(9-11)12(20)15-4-6-16(17,10-15)7-5-15/h11H,4-10,17H2,1-3H3,(H,18,21). The van der Waals surface area contributed by atoms with Gasteiger partial charge in [0.2, 0.25) is 5.91 Å². The second-order valence-corrected chi connectivity index (χ2v) is 8.37. The highest BCUT2D eigenvalue weighted by Crippen LogP contribution is 2.56. The summed E-state index contributed by atoms with van der Waals surface area (Å²) in [6, 6.07) is 0.000592. The Morgan fingerprint density at radius 3 is 2.23 bits per heavy atom. The molecule has 0 spiro atoms. The molecule has 3 rings (SSSR count). The van der Waals surface area contributed by atoms with Gasteiger partial charge < -0.3 is 20.7 Å². The van der Waals surface area contributed by atoms with Gasteiger partial charge in [0.1, 0.15) is 5.60 Å². The summed E-state index contributed by atoms with van der Waals surface area (Å²) < 4.78 is 5.23. The van der Waals surface area contributed by atoms with Gasteiger partial charge in [-0.1, -0.05) is 0 Å². The first kappa shape index (κ1) is 15.6. The lowest BCUT2D eigenvalue weighted by molar-refractivity contribution is -0.146. The van der Waals surface area contributed by atoms with Crippen molar-refractivity contribution >= 4 is 12.0 Å². The van der Waals surface area contributed by atoms with Gasteiger partial charge in [-0.05, 0) is 52.9 Å². The number of hydrogen-bond acceptors (Lipinski definition) is 4. The fourth-order valence-corrected chi connectivity index (χ4v) is 4.09. The highest BCUT2D eigenvalue weighted by Gasteiger charge is 2.58. The molecule has 3 aliphatic rings. The highest BCUT2D eigenvalue weighted by atomic mass is 16.6. The Labute approximate surface area is 131 Å². The largest absolute Gasteiger partial charge is 0.444 e. The van der Waals surface area contributed by atoms with E-state index >= 15 is 0 Å². The van der Waals surface area contributed by atoms with Crippen LogP contribution in [-0.4, -0.2) is 47.2 Å². The normalized spacial score (nSPS) is 34.5. The second-order valence-electron chi connectivity index (χ2n) is 8.37. The lowest BCUT2D eigenvalue weighted by atomic mass is 9.81. The van der Waals surface area contributed by atoms with E-state index in [0.29, 0.717) is 13.1 Å². The third kappa shape index (κ3) is 2.81. The Morgan fingerprint density at radius 2 is 1.77 bits per heavy atom. The van der Waals surface area contributed by atoms with Crippen LogP contribution in [0.3, 0.4) is 0 Å². The van der Waals surface area contributed by atoms with Crippen LogP contribution in [0.1, 0.15) is 52.9 Å². The number of nitrogens with two attached hydrogens (primary N) is 1. The predicted octanol–water partition coefficient (Wildman–Crippen LogP) is 1.38. The second kappa shape index (κ2) is 4.85. The van der Waals surface area contributed by atoms with Gasteiger partial charge in [-0.15, -0.1) is 0 Å². The molecule has 1 aliphatic heterocycles. The summed E-state index contributed by atoms with van der Waals surface area (Å²) in [4.78, 5) is 26.3. The molecule has 2 saturated carbocycles. The Kier molecular flexibility index (Phi) is 3.43. The molecule has 2 bridgehead atoms. The average Bonchev–Trinajstić information content (AvgIpc) is 2.85. The molecule has 6 nitrogen and oxygen atoms in total. The third-order valence-corrected chi connectivity index (χ3v) is 5.24. The van der Waals surface area contributed by atoms with Gasteiger partial charge in [-0.25, -0.2) is 4.79 Å². The molecule has 0 aromatic carbocycles. The van der Waals surface area contributed by atoms with Crippen molar-refractivity contribution in [2.75, 3.05) is 13.1 Å². The van der Waals surface area contributed by atoms with Crippen LogP contribution in [0.25, 0.3) is 0 Å². The van der Waals surface area contributed by atoms with Gasteiger partial charge in [0.05, 0.1) is 11.5 Å². The molecular formula is C16H27N3O3. The molecule has 3 N–H and O–H groups in total. The van der Waals surface area contributed by atoms with Gasteiger partial charge >= 0.3 is 6.09 Å². The summed E-state index contributed by atoms with van der Waals surface area (Å²) in [5, 5.41) is 2.82. The quantitative estimate of drug-likeness (QED) is 0.807. The van der Waals surface area contributed by atoms with Crippen molar-refractivity contribution in [3.63, 3.8) is 0 Å². The molecular weight excluding hydrogens is 282 g/mol. The number of hydrogen-bond donors (Lipinski definition) is 2. The lowest BCUT2D eigenvalue weighted by Crippen LogP contribution is -2.63. The summed E-state index contributed by atoms with van der Waals surface area (Å²) in [5.74, 6) is 0.236. The summed E-state index contributed by atoms with van der Waals surface area (Å²) >= 11 is 0. The summed E-state index contributed by atoms with van der Waals surface area (Å²) in [6.07, 6.45) is 4.19. The lowest BCUT2D eigenvalue weighted by Gasteiger charge is -2.43. The van der Waals surface area contributed by atoms with Crippen LogP contribution in [-0.2, 0) is 9.53 Å². The van der Waals surface area contributed by atoms with Crippen LogP contribution in [0.5, 0.6) is 0 Å². The summed E-state index contributed by atoms with van der Waals surface area (Å²) in [6.45, 7) is 6.67. The van der Waals surface area contributed by atoms with Crippen molar-refractivity contribution in [2.45, 2.75) is 70.1 Å². The maximum atomic E-state index is 12.7. The Bertz CT molecular complexity index is 483. The molecule has 0 aromatic heterocycles. The molecule has 22 heavy (non-hydrogen) atoms. The summed E-state index contributed by atoms with van der Waals surface area (Å²) in [5.41, 5.74) is 5.47. The van der Waals surface area contributed by atoms with Crippen molar-refractivity contribution in [3.8, 4) is 0 Å². The van der Waals surface area contributed by atoms with Gasteiger partial charge in [-0.3, -0.25) is 4.79 Å². The fraction of sp³-hybridized carbons (Fsp3) is 0.875. The van der Waals surface area contributed by atoms with E-state index in [4.69, 9.17) is 10.5 Å². The van der Waals surface area contributed by atoms with Crippen molar-refractivity contribution in [1.29, 1.82) is 0 Å². The molecule has 2 aliphatic carbocycles. The molecule has 1 saturated heterocycles. The number of rotatable bonds is 2. The van der Waals surface area contributed by atoms with Crippen molar-refractivity contribution in [2.24, 2.45) is 11.1 Å². The van der Waals surface area contributed by atoms with Crippen molar-refractivity contribution < 1.29 is 14.3 Å². The van der Waals surface area contributed by atoms with E-state index in [1.54, 1.807) is 0 Å². The van der Waals surface area contributed by atoms with E-state index in [1.807, 2.05) is 25.7 Å². The minimum absolute atomic E-state index is 0.000592. The van der Waals surface area contributed by atoms with Crippen LogP contribution in [0, 0.1) is 5.41 Å². The van der Waals surface area contributed by atoms with E-state index in [9.17, 15) is 9.59 Å². The van der Waals surface area contributed by atoms with E-state index < -0.39 is 11.7 Å². The maximum Gasteiger partial charge on any atom is 0.407 e. The average molecular weight is 309 g/mol. The number of alkyl carbamates (subject to hydrolysis) is 1. The molecule has 6 heteroatoms. The minimum Gasteiger partial charge on any atom is -0.444 e. The SMILES string of the molecule is CC(C)(C)OC(=O)NC1CN(C(=O)C23CCC(N)(CC2)C3)C1. The highest BCUT2D eigenvalue weighted by molar-refractivity contribution is 5.85. The molecule has 0 atom stereocenters. The number of likely N-dealkylation sites (tertiary alicyclic amines) is 1. The van der Waals surface area contributed by atoms with Gasteiger partial charge in [0.25, 0.3) is 0 Å². The zero-order valence-corrected chi connectivity index (χ0v) is 13.8. The van der Waals surface area contributed by atoms with Gasteiger partial charge in [0.15, 0.2) is 0 Å². The minimum atomic E-state index is -0.500. The Hall–Kier alpha value is -1.30. The van der Waals surface area contributed by atoms with E-state index in [2.05, 4.69) is 5.32 Å². The number of ether oxygens (including phenoxy) is 1. The zero-order valence-electron chi connectivity index (χ0n) is 13.8. The zero-order chi connectivity index (χ0) is 16.2. The number of carbonyl (C=O) groups is 2. The Morgan fingerprint density at radius 1 is 1.18 bits per heavy atom. The Balaban J connectivity index is 1.48. The van der Waals surface area contributed by atoms with Gasteiger partial charge in [-0.2, -0.15) is 0 Å². The first-order valence-electron chi connectivity index (χ1n) is 8.19. The molecule has 3 fully saturated rings.